The third-order valence-electron chi connectivity index (χ3n) is 9.92. The predicted molar refractivity (Wildman–Crippen MR) is 214 cm³/mol. The van der Waals surface area contributed by atoms with Crippen LogP contribution in [0.3, 0.4) is 0 Å². The number of rotatable bonds is 28. The number of hydrogen-bond donors (Lipinski definition) is 7. The lowest BCUT2D eigenvalue weighted by atomic mass is 9.71. The van der Waals surface area contributed by atoms with Crippen molar-refractivity contribution >= 4 is 36.3 Å². The summed E-state index contributed by atoms with van der Waals surface area (Å²) in [5.41, 5.74) is 21.0. The van der Waals surface area contributed by atoms with Crippen molar-refractivity contribution < 1.29 is 34.0 Å². The third-order valence-corrected chi connectivity index (χ3v) is 9.92. The van der Waals surface area contributed by atoms with E-state index in [0.717, 1.165) is 30.4 Å². The number of Topliss-reactive ketones (excluding diaryl/α,β-unsaturated/α-hetero) is 3. The van der Waals surface area contributed by atoms with Gasteiger partial charge in [0.25, 0.3) is 0 Å². The van der Waals surface area contributed by atoms with Gasteiger partial charge in [0.05, 0.1) is 12.1 Å². The highest BCUT2D eigenvalue weighted by atomic mass is 16.4. The summed E-state index contributed by atoms with van der Waals surface area (Å²) < 4.78 is 0. The highest BCUT2D eigenvalue weighted by molar-refractivity contribution is 6.43. The average molecular weight is 750 g/mol. The molecule has 2 aromatic rings. The Morgan fingerprint density at radius 3 is 1.67 bits per heavy atom. The number of amides is 2. The number of aryl methyl sites for hydroxylation is 1. The standard InChI is InChI=1S/C41H64BN5O7/c1-4-5-10-30-13-15-31(16-14-30)32-17-19-33(20-18-32)37(48)27-34(21-24-45)41(52)47-35(11-6-8-22-43)38(49)25-28(2)40(51)46-36(12-7-9-23-44)39(50)26-29(3)42(53)54/h13-20,28-29,34-36,53-54H,4-12,21-27,43-45H2,1-3H3,(H,46,51)(H,47,52)/t28-,29-,34-,35+,36+/m1/s1. The van der Waals surface area contributed by atoms with Crippen molar-refractivity contribution in [1.29, 1.82) is 0 Å². The van der Waals surface area contributed by atoms with E-state index in [-0.39, 0.29) is 49.6 Å². The summed E-state index contributed by atoms with van der Waals surface area (Å²) in [6, 6.07) is 14.0. The van der Waals surface area contributed by atoms with Gasteiger partial charge >= 0.3 is 7.12 Å². The van der Waals surface area contributed by atoms with Crippen molar-refractivity contribution in [2.45, 2.75) is 122 Å². The first-order valence-corrected chi connectivity index (χ1v) is 19.7. The fraction of sp³-hybridized carbons (Fsp3) is 0.585. The number of carbonyl (C=O) groups is 5. The van der Waals surface area contributed by atoms with E-state index in [1.165, 1.54) is 12.5 Å². The van der Waals surface area contributed by atoms with Gasteiger partial charge in [-0.1, -0.05) is 75.7 Å². The number of nitrogens with two attached hydrogens (primary N) is 3. The summed E-state index contributed by atoms with van der Waals surface area (Å²) in [6.07, 6.45) is 6.22. The summed E-state index contributed by atoms with van der Waals surface area (Å²) in [4.78, 5) is 66.9. The monoisotopic (exact) mass is 749 g/mol. The summed E-state index contributed by atoms with van der Waals surface area (Å²) in [6.45, 7) is 6.28. The molecule has 2 amide bonds. The first-order valence-electron chi connectivity index (χ1n) is 19.7. The normalized spacial score (nSPS) is 14.0. The van der Waals surface area contributed by atoms with Crippen molar-refractivity contribution in [2.75, 3.05) is 19.6 Å². The van der Waals surface area contributed by atoms with Crippen LogP contribution in [0.5, 0.6) is 0 Å². The third kappa shape index (κ3) is 16.3. The van der Waals surface area contributed by atoms with Gasteiger partial charge in [-0.3, -0.25) is 24.0 Å². The van der Waals surface area contributed by atoms with E-state index in [9.17, 15) is 34.0 Å². The SMILES string of the molecule is CCCCc1ccc(-c2ccc(C(=O)C[C@@H](CCN)C(=O)N[C@@H](CCCCN)C(=O)C[C@@H](C)C(=O)N[C@@H](CCCCN)C(=O)C[C@@H](C)B(O)O)cc2)cc1. The Kier molecular flexibility index (Phi) is 21.8. The number of unbranched alkanes of at least 4 members (excludes halogenated alkanes) is 3. The van der Waals surface area contributed by atoms with Crippen LogP contribution in [-0.4, -0.2) is 78.0 Å². The molecule has 5 atom stereocenters. The van der Waals surface area contributed by atoms with Crippen LogP contribution in [0.1, 0.15) is 114 Å². The Balaban J connectivity index is 2.11. The van der Waals surface area contributed by atoms with Gasteiger partial charge < -0.3 is 37.9 Å². The van der Waals surface area contributed by atoms with Crippen LogP contribution < -0.4 is 27.8 Å². The second-order valence-electron chi connectivity index (χ2n) is 14.6. The molecule has 0 saturated carbocycles. The van der Waals surface area contributed by atoms with Crippen molar-refractivity contribution in [2.24, 2.45) is 29.0 Å². The topological polar surface area (TPSA) is 228 Å². The molecular formula is C41H64BN5O7. The molecule has 0 fully saturated rings. The number of carbonyl (C=O) groups excluding carboxylic acids is 5. The zero-order valence-corrected chi connectivity index (χ0v) is 32.6. The number of ketones is 3. The van der Waals surface area contributed by atoms with Gasteiger partial charge in [0.15, 0.2) is 17.3 Å². The molecule has 0 heterocycles. The quantitative estimate of drug-likeness (QED) is 0.0377. The second-order valence-corrected chi connectivity index (χ2v) is 14.6. The molecule has 2 rings (SSSR count). The lowest BCUT2D eigenvalue weighted by Crippen LogP contribution is -2.47. The number of nitrogens with one attached hydrogen (secondary N) is 2. The van der Waals surface area contributed by atoms with E-state index in [1.807, 2.05) is 12.1 Å². The maximum absolute atomic E-state index is 13.6. The van der Waals surface area contributed by atoms with Gasteiger partial charge in [0.1, 0.15) is 0 Å². The van der Waals surface area contributed by atoms with E-state index in [4.69, 9.17) is 17.2 Å². The molecular weight excluding hydrogens is 685 g/mol. The number of benzene rings is 2. The molecule has 0 bridgehead atoms. The molecule has 0 spiro atoms. The van der Waals surface area contributed by atoms with Crippen molar-refractivity contribution in [3.8, 4) is 11.1 Å². The van der Waals surface area contributed by atoms with Crippen molar-refractivity contribution in [3.63, 3.8) is 0 Å². The van der Waals surface area contributed by atoms with E-state index in [2.05, 4.69) is 41.8 Å². The molecule has 0 unspecified atom stereocenters. The van der Waals surface area contributed by atoms with Gasteiger partial charge in [-0.15, -0.1) is 0 Å². The Morgan fingerprint density at radius 2 is 1.17 bits per heavy atom. The van der Waals surface area contributed by atoms with Gasteiger partial charge in [-0.05, 0) is 99.9 Å². The summed E-state index contributed by atoms with van der Waals surface area (Å²) >= 11 is 0. The maximum atomic E-state index is 13.6. The highest BCUT2D eigenvalue weighted by Gasteiger charge is 2.31. The first kappa shape index (κ1) is 46.4. The fourth-order valence-electron chi connectivity index (χ4n) is 6.28. The Morgan fingerprint density at radius 1 is 0.648 bits per heavy atom. The molecule has 0 saturated heterocycles. The minimum absolute atomic E-state index is 0.0808. The van der Waals surface area contributed by atoms with Crippen LogP contribution in [0, 0.1) is 11.8 Å². The summed E-state index contributed by atoms with van der Waals surface area (Å²) in [5, 5.41) is 24.5. The molecule has 10 N–H and O–H groups in total. The molecule has 0 aliphatic heterocycles. The van der Waals surface area contributed by atoms with Crippen LogP contribution in [0.4, 0.5) is 0 Å². The van der Waals surface area contributed by atoms with E-state index in [0.29, 0.717) is 57.2 Å². The van der Waals surface area contributed by atoms with Crippen LogP contribution in [0.2, 0.25) is 5.82 Å². The molecule has 298 valence electrons. The van der Waals surface area contributed by atoms with Crippen LogP contribution in [0.15, 0.2) is 48.5 Å². The van der Waals surface area contributed by atoms with Gasteiger partial charge in [0, 0.05) is 36.7 Å². The maximum Gasteiger partial charge on any atom is 0.454 e. The Labute approximate surface area is 321 Å². The molecule has 54 heavy (non-hydrogen) atoms. The lowest BCUT2D eigenvalue weighted by Gasteiger charge is -2.24. The zero-order valence-electron chi connectivity index (χ0n) is 32.6. The van der Waals surface area contributed by atoms with E-state index < -0.39 is 48.7 Å². The molecule has 0 aliphatic rings. The zero-order chi connectivity index (χ0) is 40.0. The molecule has 0 aromatic heterocycles. The largest absolute Gasteiger partial charge is 0.454 e. The van der Waals surface area contributed by atoms with Gasteiger partial charge in [0.2, 0.25) is 11.8 Å². The van der Waals surface area contributed by atoms with Crippen LogP contribution in [0.25, 0.3) is 11.1 Å². The summed E-state index contributed by atoms with van der Waals surface area (Å²) in [5.74, 6) is -4.15. The van der Waals surface area contributed by atoms with E-state index in [1.54, 1.807) is 19.1 Å². The van der Waals surface area contributed by atoms with Crippen molar-refractivity contribution in [1.82, 2.24) is 10.6 Å². The molecule has 0 aliphatic carbocycles. The lowest BCUT2D eigenvalue weighted by molar-refractivity contribution is -0.134. The second kappa shape index (κ2) is 25.4. The first-order chi connectivity index (χ1) is 25.8. The molecule has 13 heteroatoms. The number of hydrogen-bond acceptors (Lipinski definition) is 10. The van der Waals surface area contributed by atoms with Crippen molar-refractivity contribution in [3.05, 3.63) is 59.7 Å². The summed E-state index contributed by atoms with van der Waals surface area (Å²) in [7, 11) is -1.67. The van der Waals surface area contributed by atoms with Crippen LogP contribution in [-0.2, 0) is 25.6 Å². The minimum atomic E-state index is -1.67. The van der Waals surface area contributed by atoms with Gasteiger partial charge in [-0.2, -0.15) is 0 Å². The minimum Gasteiger partial charge on any atom is -0.427 e. The highest BCUT2D eigenvalue weighted by Crippen LogP contribution is 2.23. The smallest absolute Gasteiger partial charge is 0.427 e. The van der Waals surface area contributed by atoms with Crippen LogP contribution >= 0.6 is 0 Å². The Hall–Kier alpha value is -3.75. The molecule has 0 radical (unpaired) electrons. The predicted octanol–water partition coefficient (Wildman–Crippen LogP) is 3.88. The van der Waals surface area contributed by atoms with Gasteiger partial charge in [-0.25, -0.2) is 0 Å². The fourth-order valence-corrected chi connectivity index (χ4v) is 6.28. The molecule has 12 nitrogen and oxygen atoms in total. The van der Waals surface area contributed by atoms with E-state index >= 15 is 0 Å². The Bertz CT molecular complexity index is 1450. The molecule has 2 aromatic carbocycles. The average Bonchev–Trinajstić information content (AvgIpc) is 3.16.